The van der Waals surface area contributed by atoms with E-state index in [-0.39, 0.29) is 5.41 Å². The van der Waals surface area contributed by atoms with E-state index in [0.717, 1.165) is 87.1 Å². The van der Waals surface area contributed by atoms with Gasteiger partial charge in [-0.1, -0.05) is 47.8 Å². The first-order valence-electron chi connectivity index (χ1n) is 12.3. The Bertz CT molecular complexity index is 968. The summed E-state index contributed by atoms with van der Waals surface area (Å²) in [6, 6.07) is 16.1. The van der Waals surface area contributed by atoms with Crippen LogP contribution in [0.4, 0.5) is 5.69 Å². The Morgan fingerprint density at radius 2 is 1.67 bits per heavy atom. The van der Waals surface area contributed by atoms with Gasteiger partial charge >= 0.3 is 0 Å². The highest BCUT2D eigenvalue weighted by atomic mass is 35.5. The Morgan fingerprint density at radius 1 is 0.909 bits per heavy atom. The van der Waals surface area contributed by atoms with E-state index in [2.05, 4.69) is 39.0 Å². The van der Waals surface area contributed by atoms with Gasteiger partial charge in [0.15, 0.2) is 0 Å². The van der Waals surface area contributed by atoms with Crippen molar-refractivity contribution >= 4 is 34.8 Å². The number of amides is 1. The molecule has 176 valence electrons. The molecule has 0 aromatic heterocycles. The second-order valence-corrected chi connectivity index (χ2v) is 10.8. The summed E-state index contributed by atoms with van der Waals surface area (Å²) in [5, 5.41) is 1.53. The molecule has 1 atom stereocenters. The van der Waals surface area contributed by atoms with Gasteiger partial charge in [0.25, 0.3) is 0 Å². The van der Waals surface area contributed by atoms with Crippen LogP contribution in [0.3, 0.4) is 0 Å². The molecule has 1 unspecified atom stereocenters. The molecule has 6 heteroatoms. The minimum absolute atomic E-state index is 0.324. The van der Waals surface area contributed by atoms with E-state index in [1.54, 1.807) is 0 Å². The molecule has 5 rings (SSSR count). The monoisotopic (exact) mass is 485 g/mol. The minimum Gasteiger partial charge on any atom is -0.369 e. The van der Waals surface area contributed by atoms with Crippen molar-refractivity contribution in [1.29, 1.82) is 0 Å². The maximum atomic E-state index is 13.7. The lowest BCUT2D eigenvalue weighted by Crippen LogP contribution is -2.55. The van der Waals surface area contributed by atoms with Crippen molar-refractivity contribution in [2.24, 2.45) is 5.92 Å². The smallest absolute Gasteiger partial charge is 0.233 e. The van der Waals surface area contributed by atoms with Gasteiger partial charge in [0, 0.05) is 61.5 Å². The summed E-state index contributed by atoms with van der Waals surface area (Å²) < 4.78 is 0. The van der Waals surface area contributed by atoms with Gasteiger partial charge in [0.1, 0.15) is 0 Å². The van der Waals surface area contributed by atoms with Crippen LogP contribution in [0.25, 0.3) is 0 Å². The maximum Gasteiger partial charge on any atom is 0.233 e. The van der Waals surface area contributed by atoms with Gasteiger partial charge in [-0.2, -0.15) is 0 Å². The first-order valence-corrected chi connectivity index (χ1v) is 13.1. The highest BCUT2D eigenvalue weighted by Gasteiger charge is 2.48. The van der Waals surface area contributed by atoms with E-state index in [1.807, 2.05) is 24.3 Å². The van der Waals surface area contributed by atoms with Crippen LogP contribution < -0.4 is 4.90 Å². The zero-order valence-electron chi connectivity index (χ0n) is 19.2. The molecular weight excluding hydrogens is 453 g/mol. The topological polar surface area (TPSA) is 26.8 Å². The van der Waals surface area contributed by atoms with Gasteiger partial charge in [-0.25, -0.2) is 0 Å². The lowest BCUT2D eigenvalue weighted by molar-refractivity contribution is -0.143. The molecule has 1 aliphatic carbocycles. The van der Waals surface area contributed by atoms with Gasteiger partial charge in [0.05, 0.1) is 5.41 Å². The molecule has 0 spiro atoms. The summed E-state index contributed by atoms with van der Waals surface area (Å²) in [6.45, 7) is 7.04. The lowest BCUT2D eigenvalue weighted by atomic mass is 9.63. The van der Waals surface area contributed by atoms with Crippen LogP contribution in [0.15, 0.2) is 48.5 Å². The van der Waals surface area contributed by atoms with Crippen molar-refractivity contribution in [2.75, 3.05) is 50.7 Å². The summed E-state index contributed by atoms with van der Waals surface area (Å²) >= 11 is 12.3. The molecule has 3 aliphatic rings. The number of hydrogen-bond acceptors (Lipinski definition) is 3. The van der Waals surface area contributed by atoms with Crippen molar-refractivity contribution in [2.45, 2.75) is 37.5 Å². The normalized spacial score (nSPS) is 23.3. The van der Waals surface area contributed by atoms with E-state index >= 15 is 0 Å². The van der Waals surface area contributed by atoms with E-state index in [9.17, 15) is 4.79 Å². The van der Waals surface area contributed by atoms with Crippen LogP contribution >= 0.6 is 23.2 Å². The summed E-state index contributed by atoms with van der Waals surface area (Å²) in [4.78, 5) is 20.9. The highest BCUT2D eigenvalue weighted by Crippen LogP contribution is 2.46. The summed E-state index contributed by atoms with van der Waals surface area (Å²) in [6.07, 6.45) is 5.37. The summed E-state index contributed by atoms with van der Waals surface area (Å²) in [7, 11) is 0. The molecule has 2 aliphatic heterocycles. The van der Waals surface area contributed by atoms with E-state index in [0.29, 0.717) is 11.8 Å². The Morgan fingerprint density at radius 3 is 2.33 bits per heavy atom. The van der Waals surface area contributed by atoms with Gasteiger partial charge in [-0.15, -0.1) is 0 Å². The van der Waals surface area contributed by atoms with E-state index in [4.69, 9.17) is 23.2 Å². The Kier molecular flexibility index (Phi) is 6.87. The lowest BCUT2D eigenvalue weighted by Gasteiger charge is -2.46. The number of anilines is 1. The van der Waals surface area contributed by atoms with Gasteiger partial charge in [-0.3, -0.25) is 9.69 Å². The quantitative estimate of drug-likeness (QED) is 0.561. The summed E-state index contributed by atoms with van der Waals surface area (Å²) in [5.74, 6) is 0.898. The number of nitrogens with zero attached hydrogens (tertiary/aromatic N) is 3. The first-order chi connectivity index (χ1) is 16.0. The highest BCUT2D eigenvalue weighted by molar-refractivity contribution is 6.31. The molecule has 2 aromatic carbocycles. The van der Waals surface area contributed by atoms with Crippen LogP contribution in [0.5, 0.6) is 0 Å². The average Bonchev–Trinajstić information content (AvgIpc) is 2.80. The van der Waals surface area contributed by atoms with Crippen LogP contribution in [0, 0.1) is 5.92 Å². The number of rotatable bonds is 5. The second kappa shape index (κ2) is 9.85. The maximum absolute atomic E-state index is 13.7. The molecule has 3 fully saturated rings. The number of likely N-dealkylation sites (tertiary alicyclic amines) is 1. The molecule has 33 heavy (non-hydrogen) atoms. The zero-order valence-corrected chi connectivity index (χ0v) is 20.7. The van der Waals surface area contributed by atoms with Gasteiger partial charge < -0.3 is 9.80 Å². The Labute approximate surface area is 207 Å². The number of carbonyl (C=O) groups is 1. The number of hydrogen-bond donors (Lipinski definition) is 0. The third-order valence-electron chi connectivity index (χ3n) is 7.88. The van der Waals surface area contributed by atoms with Crippen molar-refractivity contribution in [3.05, 3.63) is 64.1 Å². The molecule has 1 amide bonds. The SMILES string of the molecule is O=C(N1CCCC(CN2CCN(c3cccc(Cl)c3)CC2)C1)C1(c2ccc(Cl)cc2)CCC1. The third kappa shape index (κ3) is 4.89. The predicted molar refractivity (Wildman–Crippen MR) is 136 cm³/mol. The van der Waals surface area contributed by atoms with Crippen LogP contribution in [0.2, 0.25) is 10.0 Å². The number of halogens is 2. The second-order valence-electron chi connectivity index (χ2n) is 9.97. The fourth-order valence-corrected chi connectivity index (χ4v) is 6.16. The van der Waals surface area contributed by atoms with E-state index in [1.165, 1.54) is 12.1 Å². The molecule has 0 radical (unpaired) electrons. The van der Waals surface area contributed by atoms with Crippen molar-refractivity contribution < 1.29 is 4.79 Å². The Balaban J connectivity index is 1.17. The van der Waals surface area contributed by atoms with Crippen LogP contribution in [0.1, 0.15) is 37.7 Å². The predicted octanol–water partition coefficient (Wildman–Crippen LogP) is 5.48. The summed E-state index contributed by atoms with van der Waals surface area (Å²) in [5.41, 5.74) is 2.03. The number of piperazine rings is 1. The molecule has 2 saturated heterocycles. The molecule has 0 bridgehead atoms. The van der Waals surface area contributed by atoms with Gasteiger partial charge in [0.2, 0.25) is 5.91 Å². The third-order valence-corrected chi connectivity index (χ3v) is 8.37. The Hall–Kier alpha value is -1.75. The molecule has 2 heterocycles. The molecule has 4 nitrogen and oxygen atoms in total. The molecular formula is C27H33Cl2N3O. The standard InChI is InChI=1S/C27H33Cl2N3O/c28-23-9-7-22(8-10-23)27(11-3-12-27)26(33)32-13-2-4-21(20-32)19-30-14-16-31(17-15-30)25-6-1-5-24(29)18-25/h1,5-10,18,21H,2-4,11-17,19-20H2. The van der Waals surface area contributed by atoms with E-state index < -0.39 is 0 Å². The average molecular weight is 486 g/mol. The number of piperidine rings is 1. The van der Waals surface area contributed by atoms with Crippen LogP contribution in [-0.4, -0.2) is 61.5 Å². The number of benzene rings is 2. The molecule has 2 aromatic rings. The van der Waals surface area contributed by atoms with Crippen molar-refractivity contribution in [1.82, 2.24) is 9.80 Å². The van der Waals surface area contributed by atoms with Gasteiger partial charge in [-0.05, 0) is 67.5 Å². The largest absolute Gasteiger partial charge is 0.369 e. The van der Waals surface area contributed by atoms with Crippen molar-refractivity contribution in [3.8, 4) is 0 Å². The minimum atomic E-state index is -0.324. The fourth-order valence-electron chi connectivity index (χ4n) is 5.85. The molecule has 1 saturated carbocycles. The molecule has 0 N–H and O–H groups in total. The fraction of sp³-hybridized carbons (Fsp3) is 0.519. The van der Waals surface area contributed by atoms with Crippen molar-refractivity contribution in [3.63, 3.8) is 0 Å². The van der Waals surface area contributed by atoms with Crippen LogP contribution in [-0.2, 0) is 10.2 Å². The first kappa shape index (κ1) is 23.0. The number of carbonyl (C=O) groups excluding carboxylic acids is 1. The zero-order chi connectivity index (χ0) is 22.8.